The predicted octanol–water partition coefficient (Wildman–Crippen LogP) is 5.10. The van der Waals surface area contributed by atoms with Gasteiger partial charge in [-0.25, -0.2) is 0 Å². The van der Waals surface area contributed by atoms with Crippen molar-refractivity contribution in [2.24, 2.45) is 5.73 Å². The van der Waals surface area contributed by atoms with E-state index in [1.165, 1.54) is 0 Å². The summed E-state index contributed by atoms with van der Waals surface area (Å²) in [6.45, 7) is 1.95. The average Bonchev–Trinajstić information content (AvgIpc) is 2.87. The molecule has 0 aliphatic rings. The van der Waals surface area contributed by atoms with Gasteiger partial charge in [0.1, 0.15) is 5.76 Å². The van der Waals surface area contributed by atoms with Gasteiger partial charge in [0.2, 0.25) is 0 Å². The van der Waals surface area contributed by atoms with E-state index in [0.29, 0.717) is 21.4 Å². The molecule has 0 saturated carbocycles. The molecule has 1 unspecified atom stereocenters. The summed E-state index contributed by atoms with van der Waals surface area (Å²) in [5.41, 5.74) is 8.89. The van der Waals surface area contributed by atoms with E-state index < -0.39 is 0 Å². The van der Waals surface area contributed by atoms with Gasteiger partial charge in [-0.05, 0) is 36.2 Å². The lowest BCUT2D eigenvalue weighted by Crippen LogP contribution is -2.12. The van der Waals surface area contributed by atoms with Crippen LogP contribution in [0.5, 0.6) is 0 Å². The van der Waals surface area contributed by atoms with Crippen molar-refractivity contribution in [2.75, 3.05) is 0 Å². The maximum absolute atomic E-state index is 6.30. The first-order chi connectivity index (χ1) is 9.58. The summed E-state index contributed by atoms with van der Waals surface area (Å²) in [5, 5.41) is 2.23. The molecule has 1 heterocycles. The standard InChI is InChI=1S/C16H13Cl2NO/c1-9-11(5-3-6-12(9)17)15(19)14-8-10-4-2-7-13(18)16(10)20-14/h2-8,15H,19H2,1H3. The van der Waals surface area contributed by atoms with Gasteiger partial charge >= 0.3 is 0 Å². The second-order valence-corrected chi connectivity index (χ2v) is 5.55. The molecule has 3 aromatic rings. The molecule has 0 bridgehead atoms. The lowest BCUT2D eigenvalue weighted by molar-refractivity contribution is 0.524. The molecule has 4 heteroatoms. The highest BCUT2D eigenvalue weighted by atomic mass is 35.5. The van der Waals surface area contributed by atoms with Crippen LogP contribution in [0.2, 0.25) is 10.0 Å². The Balaban J connectivity index is 2.10. The van der Waals surface area contributed by atoms with E-state index >= 15 is 0 Å². The van der Waals surface area contributed by atoms with Crippen LogP contribution >= 0.6 is 23.2 Å². The molecule has 20 heavy (non-hydrogen) atoms. The third kappa shape index (κ3) is 2.20. The Labute approximate surface area is 127 Å². The molecule has 0 aliphatic heterocycles. The number of nitrogens with two attached hydrogens (primary N) is 1. The minimum atomic E-state index is -0.364. The van der Waals surface area contributed by atoms with Gasteiger partial charge in [0, 0.05) is 10.4 Å². The Morgan fingerprint density at radius 1 is 1.05 bits per heavy atom. The number of fused-ring (bicyclic) bond motifs is 1. The third-order valence-electron chi connectivity index (χ3n) is 3.47. The van der Waals surface area contributed by atoms with Crippen LogP contribution in [-0.2, 0) is 0 Å². The zero-order valence-electron chi connectivity index (χ0n) is 10.9. The van der Waals surface area contributed by atoms with Crippen LogP contribution in [0.1, 0.15) is 22.9 Å². The van der Waals surface area contributed by atoms with Crippen LogP contribution in [0.15, 0.2) is 46.9 Å². The van der Waals surface area contributed by atoms with Crippen molar-refractivity contribution in [1.82, 2.24) is 0 Å². The highest BCUT2D eigenvalue weighted by Crippen LogP contribution is 2.33. The number of hydrogen-bond acceptors (Lipinski definition) is 2. The minimum absolute atomic E-state index is 0.364. The van der Waals surface area contributed by atoms with E-state index in [1.54, 1.807) is 6.07 Å². The van der Waals surface area contributed by atoms with Gasteiger partial charge in [0.15, 0.2) is 5.58 Å². The summed E-state index contributed by atoms with van der Waals surface area (Å²) in [7, 11) is 0. The van der Waals surface area contributed by atoms with E-state index in [0.717, 1.165) is 16.5 Å². The van der Waals surface area contributed by atoms with Gasteiger partial charge in [0.25, 0.3) is 0 Å². The monoisotopic (exact) mass is 305 g/mol. The van der Waals surface area contributed by atoms with Crippen LogP contribution in [0.25, 0.3) is 11.0 Å². The molecule has 2 N–H and O–H groups in total. The fraction of sp³-hybridized carbons (Fsp3) is 0.125. The maximum atomic E-state index is 6.30. The highest BCUT2D eigenvalue weighted by Gasteiger charge is 2.18. The van der Waals surface area contributed by atoms with E-state index in [9.17, 15) is 0 Å². The smallest absolute Gasteiger partial charge is 0.152 e. The maximum Gasteiger partial charge on any atom is 0.152 e. The van der Waals surface area contributed by atoms with E-state index in [2.05, 4.69) is 0 Å². The van der Waals surface area contributed by atoms with Gasteiger partial charge in [-0.3, -0.25) is 0 Å². The molecule has 1 aromatic heterocycles. The summed E-state index contributed by atoms with van der Waals surface area (Å²) < 4.78 is 5.81. The largest absolute Gasteiger partial charge is 0.457 e. The van der Waals surface area contributed by atoms with Crippen LogP contribution in [0, 0.1) is 6.92 Å². The molecule has 2 nitrogen and oxygen atoms in total. The molecule has 2 aromatic carbocycles. The summed E-state index contributed by atoms with van der Waals surface area (Å²) in [6, 6.07) is 12.9. The molecular formula is C16H13Cl2NO. The molecule has 0 saturated heterocycles. The van der Waals surface area contributed by atoms with Crippen LogP contribution in [-0.4, -0.2) is 0 Å². The summed E-state index contributed by atoms with van der Waals surface area (Å²) in [6.07, 6.45) is 0. The van der Waals surface area contributed by atoms with Gasteiger partial charge in [-0.1, -0.05) is 47.5 Å². The third-order valence-corrected chi connectivity index (χ3v) is 4.17. The van der Waals surface area contributed by atoms with Gasteiger partial charge < -0.3 is 10.2 Å². The van der Waals surface area contributed by atoms with E-state index in [-0.39, 0.29) is 6.04 Å². The van der Waals surface area contributed by atoms with Gasteiger partial charge in [0.05, 0.1) is 11.1 Å². The Bertz CT molecular complexity index is 779. The lowest BCUT2D eigenvalue weighted by atomic mass is 10.00. The lowest BCUT2D eigenvalue weighted by Gasteiger charge is -2.13. The second-order valence-electron chi connectivity index (χ2n) is 4.74. The second kappa shape index (κ2) is 5.13. The number of benzene rings is 2. The number of rotatable bonds is 2. The summed E-state index contributed by atoms with van der Waals surface area (Å²) in [5.74, 6) is 0.679. The van der Waals surface area contributed by atoms with Crippen molar-refractivity contribution < 1.29 is 4.42 Å². The van der Waals surface area contributed by atoms with Crippen LogP contribution in [0.3, 0.4) is 0 Å². The first-order valence-electron chi connectivity index (χ1n) is 6.26. The van der Waals surface area contributed by atoms with Gasteiger partial charge in [-0.2, -0.15) is 0 Å². The molecule has 0 amide bonds. The molecule has 0 aliphatic carbocycles. The first-order valence-corrected chi connectivity index (χ1v) is 7.02. The van der Waals surface area contributed by atoms with Crippen molar-refractivity contribution in [3.05, 3.63) is 69.4 Å². The number of furan rings is 1. The van der Waals surface area contributed by atoms with Crippen molar-refractivity contribution >= 4 is 34.2 Å². The van der Waals surface area contributed by atoms with Crippen LogP contribution < -0.4 is 5.73 Å². The molecular weight excluding hydrogens is 293 g/mol. The zero-order valence-corrected chi connectivity index (χ0v) is 12.4. The Morgan fingerprint density at radius 2 is 1.75 bits per heavy atom. The number of halogens is 2. The molecule has 0 fully saturated rings. The van der Waals surface area contributed by atoms with Gasteiger partial charge in [-0.15, -0.1) is 0 Å². The fourth-order valence-corrected chi connectivity index (χ4v) is 2.72. The first kappa shape index (κ1) is 13.5. The number of hydrogen-bond donors (Lipinski definition) is 1. The molecule has 0 radical (unpaired) electrons. The predicted molar refractivity (Wildman–Crippen MR) is 83.4 cm³/mol. The summed E-state index contributed by atoms with van der Waals surface area (Å²) in [4.78, 5) is 0. The number of para-hydroxylation sites is 1. The van der Waals surface area contributed by atoms with Crippen molar-refractivity contribution in [1.29, 1.82) is 0 Å². The molecule has 1 atom stereocenters. The summed E-state index contributed by atoms with van der Waals surface area (Å²) >= 11 is 12.3. The van der Waals surface area contributed by atoms with Crippen molar-refractivity contribution in [3.8, 4) is 0 Å². The minimum Gasteiger partial charge on any atom is -0.457 e. The Hall–Kier alpha value is -1.48. The zero-order chi connectivity index (χ0) is 14.3. The fourth-order valence-electron chi connectivity index (χ4n) is 2.32. The Kier molecular flexibility index (Phi) is 3.47. The SMILES string of the molecule is Cc1c(Cl)cccc1C(N)c1cc2cccc(Cl)c2o1. The normalized spacial score (nSPS) is 12.8. The molecule has 3 rings (SSSR count). The van der Waals surface area contributed by atoms with Crippen molar-refractivity contribution in [2.45, 2.75) is 13.0 Å². The highest BCUT2D eigenvalue weighted by molar-refractivity contribution is 6.34. The topological polar surface area (TPSA) is 39.2 Å². The quantitative estimate of drug-likeness (QED) is 0.715. The molecule has 0 spiro atoms. The van der Waals surface area contributed by atoms with Crippen molar-refractivity contribution in [3.63, 3.8) is 0 Å². The van der Waals surface area contributed by atoms with E-state index in [1.807, 2.05) is 43.3 Å². The van der Waals surface area contributed by atoms with Crippen LogP contribution in [0.4, 0.5) is 0 Å². The average molecular weight is 306 g/mol. The van der Waals surface area contributed by atoms with E-state index in [4.69, 9.17) is 33.4 Å². The molecule has 102 valence electrons. The Morgan fingerprint density at radius 3 is 2.50 bits per heavy atom.